The van der Waals surface area contributed by atoms with Crippen molar-refractivity contribution < 1.29 is 37.7 Å². The first-order valence-corrected chi connectivity index (χ1v) is 11.6. The number of carbonyl (C=O) groups is 1. The predicted octanol–water partition coefficient (Wildman–Crippen LogP) is 5.76. The SMILES string of the molecule is CC[C@H]1[C@H](C)[C@@H](C(=O)O)O[C@@H](N(c2ccc(OC(F)(F)F)cc2)c2ccc3cccc(Cl)c3n2)[C@@H]1O. The number of pyridine rings is 1. The highest BCUT2D eigenvalue weighted by atomic mass is 35.5. The zero-order valence-corrected chi connectivity index (χ0v) is 20.1. The molecule has 4 rings (SSSR count). The number of aliphatic hydroxyl groups excluding tert-OH is 1. The zero-order chi connectivity index (χ0) is 26.2. The summed E-state index contributed by atoms with van der Waals surface area (Å²) in [7, 11) is 0. The van der Waals surface area contributed by atoms with Crippen molar-refractivity contribution in [2.75, 3.05) is 4.90 Å². The summed E-state index contributed by atoms with van der Waals surface area (Å²) in [5.74, 6) is -2.26. The number of nitrogens with zero attached hydrogens (tertiary/aromatic N) is 2. The van der Waals surface area contributed by atoms with Crippen LogP contribution >= 0.6 is 11.6 Å². The van der Waals surface area contributed by atoms with Crippen LogP contribution in [0.3, 0.4) is 0 Å². The summed E-state index contributed by atoms with van der Waals surface area (Å²) in [5.41, 5.74) is 0.764. The smallest absolute Gasteiger partial charge is 0.479 e. The van der Waals surface area contributed by atoms with Gasteiger partial charge in [0.25, 0.3) is 0 Å². The highest BCUT2D eigenvalue weighted by molar-refractivity contribution is 6.35. The maximum absolute atomic E-state index is 12.7. The molecule has 1 aliphatic rings. The Morgan fingerprint density at radius 3 is 2.47 bits per heavy atom. The van der Waals surface area contributed by atoms with Crippen molar-refractivity contribution in [1.82, 2.24) is 4.98 Å². The number of anilines is 2. The molecule has 0 bridgehead atoms. The number of hydrogen-bond donors (Lipinski definition) is 2. The van der Waals surface area contributed by atoms with Gasteiger partial charge in [0.1, 0.15) is 17.7 Å². The summed E-state index contributed by atoms with van der Waals surface area (Å²) < 4.78 is 47.9. The number of carboxylic acids is 1. The molecule has 1 fully saturated rings. The van der Waals surface area contributed by atoms with Crippen LogP contribution < -0.4 is 9.64 Å². The van der Waals surface area contributed by atoms with Crippen molar-refractivity contribution in [3.05, 3.63) is 59.6 Å². The quantitative estimate of drug-likeness (QED) is 0.423. The van der Waals surface area contributed by atoms with Crippen molar-refractivity contribution >= 4 is 40.0 Å². The lowest BCUT2D eigenvalue weighted by Gasteiger charge is -2.46. The molecule has 1 aliphatic heterocycles. The van der Waals surface area contributed by atoms with Gasteiger partial charge in [0.15, 0.2) is 12.3 Å². The maximum Gasteiger partial charge on any atom is 0.573 e. The number of alkyl halides is 3. The van der Waals surface area contributed by atoms with Gasteiger partial charge in [0, 0.05) is 11.1 Å². The number of ether oxygens (including phenoxy) is 2. The monoisotopic (exact) mass is 524 g/mol. The summed E-state index contributed by atoms with van der Waals surface area (Å²) in [5, 5.41) is 22.2. The van der Waals surface area contributed by atoms with Crippen LogP contribution in [-0.4, -0.2) is 46.0 Å². The fraction of sp³-hybridized carbons (Fsp3) is 0.360. The maximum atomic E-state index is 12.7. The average molecular weight is 525 g/mol. The second-order valence-corrected chi connectivity index (χ2v) is 9.01. The van der Waals surface area contributed by atoms with E-state index in [1.165, 1.54) is 17.0 Å². The lowest BCUT2D eigenvalue weighted by molar-refractivity contribution is -0.274. The van der Waals surface area contributed by atoms with Crippen LogP contribution in [0.1, 0.15) is 20.3 Å². The Kier molecular flexibility index (Phi) is 7.31. The van der Waals surface area contributed by atoms with E-state index in [2.05, 4.69) is 9.72 Å². The number of carboxylic acid groups (broad SMARTS) is 1. The summed E-state index contributed by atoms with van der Waals surface area (Å²) >= 11 is 6.34. The number of halogens is 4. The molecule has 2 N–H and O–H groups in total. The normalized spacial score (nSPS) is 24.5. The Bertz CT molecular complexity index is 1240. The van der Waals surface area contributed by atoms with Crippen molar-refractivity contribution in [2.24, 2.45) is 11.8 Å². The van der Waals surface area contributed by atoms with E-state index in [0.29, 0.717) is 22.6 Å². The standard InChI is InChI=1S/C25H24ClF3N2O5/c1-3-17-13(2)22(24(33)34)35-23(21(17)32)31(15-8-10-16(11-9-15)36-25(27,28)29)19-12-7-14-5-4-6-18(26)20(14)30-19/h4-13,17,21-23,32H,3H2,1-2H3,(H,33,34)/t13-,17-,21+,22-,23+/m0/s1. The zero-order valence-electron chi connectivity index (χ0n) is 19.3. The van der Waals surface area contributed by atoms with E-state index in [1.54, 1.807) is 31.2 Å². The molecule has 3 aromatic rings. The average Bonchev–Trinajstić information content (AvgIpc) is 2.81. The molecule has 7 nitrogen and oxygen atoms in total. The second kappa shape index (κ2) is 10.1. The Morgan fingerprint density at radius 2 is 1.86 bits per heavy atom. The molecule has 192 valence electrons. The lowest BCUT2D eigenvalue weighted by Crippen LogP contribution is -2.58. The van der Waals surface area contributed by atoms with Gasteiger partial charge in [-0.05, 0) is 54.3 Å². The van der Waals surface area contributed by atoms with E-state index >= 15 is 0 Å². The largest absolute Gasteiger partial charge is 0.573 e. The van der Waals surface area contributed by atoms with Gasteiger partial charge >= 0.3 is 12.3 Å². The van der Waals surface area contributed by atoms with Crippen LogP contribution in [0, 0.1) is 11.8 Å². The molecule has 11 heteroatoms. The molecule has 2 heterocycles. The fourth-order valence-corrected chi connectivity index (χ4v) is 4.89. The Balaban J connectivity index is 1.84. The van der Waals surface area contributed by atoms with E-state index < -0.39 is 48.4 Å². The third-order valence-corrected chi connectivity index (χ3v) is 6.70. The minimum Gasteiger partial charge on any atom is -0.479 e. The van der Waals surface area contributed by atoms with Crippen LogP contribution in [0.4, 0.5) is 24.7 Å². The Hall–Kier alpha value is -3.08. The molecule has 0 amide bonds. The predicted molar refractivity (Wildman–Crippen MR) is 127 cm³/mol. The van der Waals surface area contributed by atoms with Crippen LogP contribution in [0.25, 0.3) is 10.9 Å². The van der Waals surface area contributed by atoms with E-state index in [0.717, 1.165) is 17.5 Å². The Morgan fingerprint density at radius 1 is 1.17 bits per heavy atom. The van der Waals surface area contributed by atoms with Gasteiger partial charge in [-0.15, -0.1) is 13.2 Å². The summed E-state index contributed by atoms with van der Waals surface area (Å²) in [6.07, 6.45) is -7.93. The number of benzene rings is 2. The first-order chi connectivity index (χ1) is 17.0. The number of para-hydroxylation sites is 1. The summed E-state index contributed by atoms with van der Waals surface area (Å²) in [6.45, 7) is 3.54. The highest BCUT2D eigenvalue weighted by Gasteiger charge is 2.48. The van der Waals surface area contributed by atoms with Crippen molar-refractivity contribution in [2.45, 2.75) is 45.1 Å². The van der Waals surface area contributed by atoms with Gasteiger partial charge in [0.2, 0.25) is 0 Å². The number of fused-ring (bicyclic) bond motifs is 1. The molecule has 0 spiro atoms. The minimum atomic E-state index is -4.86. The summed E-state index contributed by atoms with van der Waals surface area (Å²) in [4.78, 5) is 18.1. The molecule has 1 saturated heterocycles. The molecule has 1 aromatic heterocycles. The molecular weight excluding hydrogens is 501 g/mol. The van der Waals surface area contributed by atoms with Gasteiger partial charge in [-0.3, -0.25) is 4.90 Å². The minimum absolute atomic E-state index is 0.262. The van der Waals surface area contributed by atoms with Crippen molar-refractivity contribution in [1.29, 1.82) is 0 Å². The van der Waals surface area contributed by atoms with E-state index in [9.17, 15) is 28.2 Å². The molecule has 36 heavy (non-hydrogen) atoms. The fourth-order valence-electron chi connectivity index (χ4n) is 4.66. The van der Waals surface area contributed by atoms with Crippen molar-refractivity contribution in [3.8, 4) is 5.75 Å². The first-order valence-electron chi connectivity index (χ1n) is 11.3. The van der Waals surface area contributed by atoms with Crippen LogP contribution in [0.15, 0.2) is 54.6 Å². The van der Waals surface area contributed by atoms with E-state index in [4.69, 9.17) is 16.3 Å². The highest BCUT2D eigenvalue weighted by Crippen LogP contribution is 2.40. The number of aliphatic hydroxyl groups is 1. The van der Waals surface area contributed by atoms with Gasteiger partial charge in [0.05, 0.1) is 10.5 Å². The first kappa shape index (κ1) is 26.0. The number of rotatable bonds is 6. The molecule has 5 atom stereocenters. The van der Waals surface area contributed by atoms with E-state index in [-0.39, 0.29) is 5.82 Å². The van der Waals surface area contributed by atoms with Crippen LogP contribution in [0.2, 0.25) is 5.02 Å². The number of aromatic nitrogens is 1. The van der Waals surface area contributed by atoms with Gasteiger partial charge in [-0.2, -0.15) is 0 Å². The van der Waals surface area contributed by atoms with Crippen molar-refractivity contribution in [3.63, 3.8) is 0 Å². The van der Waals surface area contributed by atoms with Gasteiger partial charge < -0.3 is 19.7 Å². The number of hydrogen-bond acceptors (Lipinski definition) is 6. The Labute approximate surface area is 210 Å². The second-order valence-electron chi connectivity index (χ2n) is 8.60. The van der Waals surface area contributed by atoms with Gasteiger partial charge in [-0.1, -0.05) is 44.0 Å². The topological polar surface area (TPSA) is 92.1 Å². The molecule has 0 aliphatic carbocycles. The number of aliphatic carboxylic acids is 1. The van der Waals surface area contributed by atoms with E-state index in [1.807, 2.05) is 13.0 Å². The molecule has 0 unspecified atom stereocenters. The molecule has 0 saturated carbocycles. The summed E-state index contributed by atoms with van der Waals surface area (Å²) in [6, 6.07) is 13.6. The molecule has 2 aromatic carbocycles. The van der Waals surface area contributed by atoms with Gasteiger partial charge in [-0.25, -0.2) is 9.78 Å². The molecule has 0 radical (unpaired) electrons. The van der Waals surface area contributed by atoms with Crippen LogP contribution in [-0.2, 0) is 9.53 Å². The molecular formula is C25H24ClF3N2O5. The lowest BCUT2D eigenvalue weighted by atomic mass is 9.79. The third-order valence-electron chi connectivity index (χ3n) is 6.39. The van der Waals surface area contributed by atoms with Crippen LogP contribution in [0.5, 0.6) is 5.75 Å². The third kappa shape index (κ3) is 5.21.